The molecule has 3 N–H and O–H groups in total. The highest BCUT2D eigenvalue weighted by Crippen LogP contribution is 2.24. The molecule has 2 saturated heterocycles. The first-order valence-electron chi connectivity index (χ1n) is 12.7. The molecule has 2 aliphatic rings. The fraction of sp³-hybridized carbons (Fsp3) is 0.480. The van der Waals surface area contributed by atoms with Crippen molar-refractivity contribution in [2.24, 2.45) is 0 Å². The lowest BCUT2D eigenvalue weighted by molar-refractivity contribution is -0.128. The lowest BCUT2D eigenvalue weighted by atomic mass is 10.2. The zero-order valence-electron chi connectivity index (χ0n) is 21.5. The first-order chi connectivity index (χ1) is 17.9. The van der Waals surface area contributed by atoms with Crippen LogP contribution in [-0.4, -0.2) is 87.0 Å². The predicted octanol–water partition coefficient (Wildman–Crippen LogP) is 2.06. The summed E-state index contributed by atoms with van der Waals surface area (Å²) in [4.78, 5) is 31.3. The van der Waals surface area contributed by atoms with Crippen LogP contribution >= 0.6 is 0 Å². The van der Waals surface area contributed by atoms with Crippen LogP contribution in [-0.2, 0) is 9.53 Å². The van der Waals surface area contributed by atoms with Crippen LogP contribution in [0, 0.1) is 0 Å². The van der Waals surface area contributed by atoms with E-state index < -0.39 is 0 Å². The first-order valence-corrected chi connectivity index (χ1v) is 12.7. The molecule has 196 valence electrons. The van der Waals surface area contributed by atoms with E-state index in [2.05, 4.69) is 61.1 Å². The van der Waals surface area contributed by atoms with Crippen LogP contribution in [0.4, 0.5) is 29.1 Å². The molecule has 0 saturated carbocycles. The quantitative estimate of drug-likeness (QED) is 0.530. The Morgan fingerprint density at radius 1 is 1.00 bits per heavy atom. The van der Waals surface area contributed by atoms with Gasteiger partial charge in [0.15, 0.2) is 5.82 Å². The Hall–Kier alpha value is -3.93. The number of morpholine rings is 1. The zero-order valence-corrected chi connectivity index (χ0v) is 21.5. The molecule has 0 spiro atoms. The van der Waals surface area contributed by atoms with Crippen molar-refractivity contribution in [3.8, 4) is 5.82 Å². The van der Waals surface area contributed by atoms with Crippen LogP contribution in [0.3, 0.4) is 0 Å². The number of nitrogen functional groups attached to an aromatic ring is 1. The van der Waals surface area contributed by atoms with Crippen LogP contribution in [0.5, 0.6) is 0 Å². The summed E-state index contributed by atoms with van der Waals surface area (Å²) in [6.07, 6.45) is 2.78. The highest BCUT2D eigenvalue weighted by Gasteiger charge is 2.22. The number of nitrogens with two attached hydrogens (primary N) is 1. The molecule has 37 heavy (non-hydrogen) atoms. The Kier molecular flexibility index (Phi) is 7.08. The minimum Gasteiger partial charge on any atom is -0.372 e. The molecule has 12 heteroatoms. The summed E-state index contributed by atoms with van der Waals surface area (Å²) in [5.74, 6) is 1.99. The third-order valence-corrected chi connectivity index (χ3v) is 6.66. The maximum atomic E-state index is 11.8. The number of carbonyl (C=O) groups is 1. The van der Waals surface area contributed by atoms with Gasteiger partial charge in [-0.05, 0) is 44.5 Å². The van der Waals surface area contributed by atoms with Gasteiger partial charge in [-0.15, -0.1) is 5.10 Å². The van der Waals surface area contributed by atoms with Gasteiger partial charge in [-0.3, -0.25) is 4.79 Å². The number of amides is 1. The first kappa shape index (κ1) is 24.8. The van der Waals surface area contributed by atoms with Crippen molar-refractivity contribution >= 4 is 35.0 Å². The predicted molar refractivity (Wildman–Crippen MR) is 142 cm³/mol. The molecule has 2 atom stereocenters. The number of anilines is 5. The number of aromatic nitrogens is 5. The molecule has 4 heterocycles. The fourth-order valence-electron chi connectivity index (χ4n) is 4.91. The molecular formula is C25H34N10O2. The average Bonchev–Trinajstić information content (AvgIpc) is 3.07. The summed E-state index contributed by atoms with van der Waals surface area (Å²) in [5, 5.41) is 7.76. The number of carbonyl (C=O) groups excluding carboxylic acids is 1. The number of hydrogen-bond donors (Lipinski definition) is 2. The van der Waals surface area contributed by atoms with Crippen molar-refractivity contribution < 1.29 is 9.53 Å². The highest BCUT2D eigenvalue weighted by atomic mass is 16.5. The molecule has 0 bridgehead atoms. The second kappa shape index (κ2) is 10.6. The van der Waals surface area contributed by atoms with E-state index in [1.807, 2.05) is 23.1 Å². The van der Waals surface area contributed by atoms with Gasteiger partial charge >= 0.3 is 0 Å². The Morgan fingerprint density at radius 2 is 1.73 bits per heavy atom. The van der Waals surface area contributed by atoms with Gasteiger partial charge in [0.2, 0.25) is 17.8 Å². The second-order valence-electron chi connectivity index (χ2n) is 9.62. The molecule has 12 nitrogen and oxygen atoms in total. The SMILES string of the molecule is CC(=O)N1CCCN(c2cc(-n3nc(Nc4ccc(N5C[C@@H](C)O[C@@H](C)C5)cc4)nc3N)ncn2)CC1. The number of nitrogens with one attached hydrogen (secondary N) is 1. The highest BCUT2D eigenvalue weighted by molar-refractivity contribution is 5.73. The van der Waals surface area contributed by atoms with E-state index >= 15 is 0 Å². The van der Waals surface area contributed by atoms with Crippen LogP contribution in [0.2, 0.25) is 0 Å². The zero-order chi connectivity index (χ0) is 25.9. The van der Waals surface area contributed by atoms with E-state index in [1.54, 1.807) is 6.92 Å². The van der Waals surface area contributed by atoms with E-state index in [0.29, 0.717) is 24.9 Å². The molecule has 5 rings (SSSR count). The van der Waals surface area contributed by atoms with E-state index in [4.69, 9.17) is 10.5 Å². The van der Waals surface area contributed by atoms with Crippen molar-refractivity contribution in [3.05, 3.63) is 36.7 Å². The summed E-state index contributed by atoms with van der Waals surface area (Å²) in [6.45, 7) is 10.5. The van der Waals surface area contributed by atoms with E-state index in [0.717, 1.165) is 49.8 Å². The molecule has 2 aliphatic heterocycles. The van der Waals surface area contributed by atoms with Crippen molar-refractivity contribution in [1.29, 1.82) is 0 Å². The fourth-order valence-corrected chi connectivity index (χ4v) is 4.91. The second-order valence-corrected chi connectivity index (χ2v) is 9.62. The van der Waals surface area contributed by atoms with Gasteiger partial charge in [0.1, 0.15) is 12.1 Å². The Labute approximate surface area is 216 Å². The largest absolute Gasteiger partial charge is 0.372 e. The standard InChI is InChI=1S/C25H34N10O2/c1-17-14-34(15-18(2)37-17)21-7-5-20(6-8-21)29-25-30-24(26)35(31-25)23-13-22(27-16-28-23)33-10-4-9-32(11-12-33)19(3)36/h5-8,13,16-18H,4,9-12,14-15H2,1-3H3,(H3,26,29,30,31)/t17-,18+. The lowest BCUT2D eigenvalue weighted by Crippen LogP contribution is -2.45. The summed E-state index contributed by atoms with van der Waals surface area (Å²) in [5.41, 5.74) is 8.20. The summed E-state index contributed by atoms with van der Waals surface area (Å²) in [6, 6.07) is 10.0. The van der Waals surface area contributed by atoms with Gasteiger partial charge in [0, 0.05) is 63.6 Å². The maximum Gasteiger partial charge on any atom is 0.248 e. The molecule has 1 amide bonds. The van der Waals surface area contributed by atoms with Crippen molar-refractivity contribution in [2.75, 3.05) is 60.1 Å². The van der Waals surface area contributed by atoms with Gasteiger partial charge in [0.05, 0.1) is 12.2 Å². The van der Waals surface area contributed by atoms with Crippen LogP contribution < -0.4 is 20.9 Å². The minimum absolute atomic E-state index is 0.0978. The van der Waals surface area contributed by atoms with Gasteiger partial charge in [0.25, 0.3) is 0 Å². The summed E-state index contributed by atoms with van der Waals surface area (Å²) in [7, 11) is 0. The van der Waals surface area contributed by atoms with Crippen LogP contribution in [0.25, 0.3) is 5.82 Å². The molecule has 2 fully saturated rings. The maximum absolute atomic E-state index is 11.8. The molecular weight excluding hydrogens is 472 g/mol. The Balaban J connectivity index is 1.27. The van der Waals surface area contributed by atoms with Crippen LogP contribution in [0.1, 0.15) is 27.2 Å². The molecule has 0 radical (unpaired) electrons. The number of rotatable bonds is 5. The van der Waals surface area contributed by atoms with Crippen LogP contribution in [0.15, 0.2) is 36.7 Å². The number of benzene rings is 1. The van der Waals surface area contributed by atoms with Gasteiger partial charge in [-0.25, -0.2) is 9.97 Å². The molecule has 1 aromatic carbocycles. The number of hydrogen-bond acceptors (Lipinski definition) is 10. The van der Waals surface area contributed by atoms with Crippen molar-refractivity contribution in [2.45, 2.75) is 39.4 Å². The molecule has 0 aliphatic carbocycles. The van der Waals surface area contributed by atoms with Gasteiger partial charge < -0.3 is 30.5 Å². The normalized spacial score (nSPS) is 20.6. The number of nitrogens with zero attached hydrogens (tertiary/aromatic N) is 8. The van der Waals surface area contributed by atoms with E-state index in [-0.39, 0.29) is 24.1 Å². The van der Waals surface area contributed by atoms with Crippen molar-refractivity contribution in [1.82, 2.24) is 29.6 Å². The lowest BCUT2D eigenvalue weighted by Gasteiger charge is -2.36. The van der Waals surface area contributed by atoms with Gasteiger partial charge in [-0.2, -0.15) is 9.67 Å². The van der Waals surface area contributed by atoms with Crippen molar-refractivity contribution in [3.63, 3.8) is 0 Å². The van der Waals surface area contributed by atoms with E-state index in [1.165, 1.54) is 11.0 Å². The minimum atomic E-state index is 0.0978. The number of ether oxygens (including phenoxy) is 1. The monoisotopic (exact) mass is 506 g/mol. The van der Waals surface area contributed by atoms with Gasteiger partial charge in [-0.1, -0.05) is 0 Å². The topological polar surface area (TPSA) is 131 Å². The Bertz CT molecular complexity index is 1220. The smallest absolute Gasteiger partial charge is 0.248 e. The van der Waals surface area contributed by atoms with E-state index in [9.17, 15) is 4.79 Å². The third kappa shape index (κ3) is 5.74. The Morgan fingerprint density at radius 3 is 2.46 bits per heavy atom. The molecule has 3 aromatic rings. The molecule has 0 unspecified atom stereocenters. The molecule has 2 aromatic heterocycles. The summed E-state index contributed by atoms with van der Waals surface area (Å²) >= 11 is 0. The third-order valence-electron chi connectivity index (χ3n) is 6.66. The summed E-state index contributed by atoms with van der Waals surface area (Å²) < 4.78 is 7.34. The average molecular weight is 507 g/mol.